The minimum atomic E-state index is 0.202. The van der Waals surface area contributed by atoms with E-state index in [4.69, 9.17) is 9.26 Å². The number of hydrogen-bond acceptors (Lipinski definition) is 7. The standard InChI is InChI=1S/C18H20N6O2/c1-24-15-9-12(5-6-14(15)21-23-24)18-20-17(22-26-18)11-7-8-19-16(10-11)25-13-3-2-4-13/h7-8,10,12-13H,2-6,9H2,1H3. The van der Waals surface area contributed by atoms with Gasteiger partial charge < -0.3 is 9.26 Å². The molecule has 8 heteroatoms. The first-order valence-corrected chi connectivity index (χ1v) is 9.10. The molecule has 3 heterocycles. The van der Waals surface area contributed by atoms with Crippen LogP contribution in [-0.2, 0) is 19.9 Å². The Bertz CT molecular complexity index is 929. The first-order chi connectivity index (χ1) is 12.8. The topological polar surface area (TPSA) is 91.8 Å². The monoisotopic (exact) mass is 352 g/mol. The molecule has 0 radical (unpaired) electrons. The summed E-state index contributed by atoms with van der Waals surface area (Å²) in [6.07, 6.45) is 8.12. The van der Waals surface area contributed by atoms with E-state index in [1.165, 1.54) is 6.42 Å². The Morgan fingerprint density at radius 2 is 2.19 bits per heavy atom. The van der Waals surface area contributed by atoms with E-state index in [-0.39, 0.29) is 5.92 Å². The van der Waals surface area contributed by atoms with Gasteiger partial charge in [0.1, 0.15) is 6.10 Å². The predicted octanol–water partition coefficient (Wildman–Crippen LogP) is 2.46. The molecule has 5 rings (SSSR count). The largest absolute Gasteiger partial charge is 0.474 e. The zero-order valence-electron chi connectivity index (χ0n) is 14.6. The molecule has 0 spiro atoms. The van der Waals surface area contributed by atoms with Crippen molar-refractivity contribution in [1.29, 1.82) is 0 Å². The Morgan fingerprint density at radius 1 is 1.27 bits per heavy atom. The normalized spacial score (nSPS) is 19.8. The minimum Gasteiger partial charge on any atom is -0.474 e. The maximum Gasteiger partial charge on any atom is 0.230 e. The van der Waals surface area contributed by atoms with Crippen LogP contribution in [0.1, 0.15) is 48.9 Å². The van der Waals surface area contributed by atoms with E-state index in [0.29, 0.717) is 23.7 Å². The van der Waals surface area contributed by atoms with Crippen LogP contribution in [0, 0.1) is 0 Å². The molecule has 134 valence electrons. The fourth-order valence-corrected chi connectivity index (χ4v) is 3.51. The zero-order chi connectivity index (χ0) is 17.5. The summed E-state index contributed by atoms with van der Waals surface area (Å²) in [4.78, 5) is 8.92. The lowest BCUT2D eigenvalue weighted by atomic mass is 9.89. The average Bonchev–Trinajstić information content (AvgIpc) is 3.26. The van der Waals surface area contributed by atoms with E-state index in [1.54, 1.807) is 6.20 Å². The van der Waals surface area contributed by atoms with E-state index in [1.807, 2.05) is 23.9 Å². The van der Waals surface area contributed by atoms with E-state index in [9.17, 15) is 0 Å². The smallest absolute Gasteiger partial charge is 0.230 e. The highest BCUT2D eigenvalue weighted by atomic mass is 16.5. The summed E-state index contributed by atoms with van der Waals surface area (Å²) in [6, 6.07) is 3.77. The highest BCUT2D eigenvalue weighted by Crippen LogP contribution is 2.32. The van der Waals surface area contributed by atoms with Gasteiger partial charge in [0.2, 0.25) is 17.6 Å². The van der Waals surface area contributed by atoms with Crippen molar-refractivity contribution >= 4 is 0 Å². The van der Waals surface area contributed by atoms with Crippen molar-refractivity contribution in [3.8, 4) is 17.3 Å². The van der Waals surface area contributed by atoms with Crippen LogP contribution in [-0.4, -0.2) is 36.2 Å². The molecule has 0 bridgehead atoms. The van der Waals surface area contributed by atoms with Crippen molar-refractivity contribution in [2.45, 2.75) is 50.5 Å². The van der Waals surface area contributed by atoms with Crippen LogP contribution in [0.3, 0.4) is 0 Å². The summed E-state index contributed by atoms with van der Waals surface area (Å²) >= 11 is 0. The van der Waals surface area contributed by atoms with Crippen LogP contribution in [0.25, 0.3) is 11.4 Å². The number of nitrogens with zero attached hydrogens (tertiary/aromatic N) is 6. The Kier molecular flexibility index (Phi) is 3.69. The molecule has 1 saturated carbocycles. The second-order valence-electron chi connectivity index (χ2n) is 7.06. The molecule has 0 aliphatic heterocycles. The molecular weight excluding hydrogens is 332 g/mol. The SMILES string of the molecule is Cn1nnc2c1CC(c1nc(-c3ccnc(OC4CCC4)c3)no1)CC2. The summed E-state index contributed by atoms with van der Waals surface area (Å²) < 4.78 is 13.3. The number of ether oxygens (including phenoxy) is 1. The fraction of sp³-hybridized carbons (Fsp3) is 0.500. The van der Waals surface area contributed by atoms with E-state index >= 15 is 0 Å². The van der Waals surface area contributed by atoms with Gasteiger partial charge in [0.05, 0.1) is 11.4 Å². The molecule has 0 aromatic carbocycles. The van der Waals surface area contributed by atoms with Gasteiger partial charge in [-0.3, -0.25) is 4.68 Å². The summed E-state index contributed by atoms with van der Waals surface area (Å²) in [6.45, 7) is 0. The molecule has 1 unspecified atom stereocenters. The predicted molar refractivity (Wildman–Crippen MR) is 91.6 cm³/mol. The highest BCUT2D eigenvalue weighted by molar-refractivity contribution is 5.55. The van der Waals surface area contributed by atoms with Crippen LogP contribution >= 0.6 is 0 Å². The van der Waals surface area contributed by atoms with Crippen LogP contribution in [0.5, 0.6) is 5.88 Å². The Morgan fingerprint density at radius 3 is 3.04 bits per heavy atom. The molecule has 0 amide bonds. The van der Waals surface area contributed by atoms with Crippen molar-refractivity contribution in [2.75, 3.05) is 0 Å². The Hall–Kier alpha value is -2.77. The molecule has 0 N–H and O–H groups in total. The number of hydrogen-bond donors (Lipinski definition) is 0. The zero-order valence-corrected chi connectivity index (χ0v) is 14.6. The maximum absolute atomic E-state index is 5.87. The summed E-state index contributed by atoms with van der Waals surface area (Å²) in [5.74, 6) is 2.08. The molecule has 2 aliphatic rings. The number of pyridine rings is 1. The van der Waals surface area contributed by atoms with Crippen LogP contribution in [0.2, 0.25) is 0 Å². The Balaban J connectivity index is 1.35. The number of fused-ring (bicyclic) bond motifs is 1. The average molecular weight is 352 g/mol. The lowest BCUT2D eigenvalue weighted by molar-refractivity contribution is 0.115. The number of aromatic nitrogens is 6. The van der Waals surface area contributed by atoms with Gasteiger partial charge >= 0.3 is 0 Å². The lowest BCUT2D eigenvalue weighted by Crippen LogP contribution is -2.24. The van der Waals surface area contributed by atoms with Gasteiger partial charge in [-0.05, 0) is 38.2 Å². The van der Waals surface area contributed by atoms with Crippen molar-refractivity contribution in [1.82, 2.24) is 30.1 Å². The molecule has 8 nitrogen and oxygen atoms in total. The molecular formula is C18H20N6O2. The molecule has 1 atom stereocenters. The van der Waals surface area contributed by atoms with Crippen molar-refractivity contribution in [3.63, 3.8) is 0 Å². The van der Waals surface area contributed by atoms with E-state index in [0.717, 1.165) is 49.1 Å². The molecule has 2 aliphatic carbocycles. The third-order valence-electron chi connectivity index (χ3n) is 5.32. The minimum absolute atomic E-state index is 0.202. The van der Waals surface area contributed by atoms with Gasteiger partial charge in [0.15, 0.2) is 0 Å². The highest BCUT2D eigenvalue weighted by Gasteiger charge is 2.28. The van der Waals surface area contributed by atoms with E-state index < -0.39 is 0 Å². The molecule has 0 saturated heterocycles. The van der Waals surface area contributed by atoms with Crippen LogP contribution < -0.4 is 4.74 Å². The van der Waals surface area contributed by atoms with Gasteiger partial charge in [0, 0.05) is 37.2 Å². The van der Waals surface area contributed by atoms with Crippen molar-refractivity contribution < 1.29 is 9.26 Å². The number of rotatable bonds is 4. The molecule has 1 fully saturated rings. The second-order valence-corrected chi connectivity index (χ2v) is 7.06. The second kappa shape index (κ2) is 6.19. The van der Waals surface area contributed by atoms with Gasteiger partial charge in [-0.2, -0.15) is 4.98 Å². The summed E-state index contributed by atoms with van der Waals surface area (Å²) in [5.41, 5.74) is 3.10. The van der Waals surface area contributed by atoms with Crippen LogP contribution in [0.4, 0.5) is 0 Å². The molecule has 3 aromatic rings. The molecule has 3 aromatic heterocycles. The van der Waals surface area contributed by atoms with Crippen molar-refractivity contribution in [2.24, 2.45) is 7.05 Å². The van der Waals surface area contributed by atoms with Gasteiger partial charge in [0.25, 0.3) is 0 Å². The van der Waals surface area contributed by atoms with Gasteiger partial charge in [-0.25, -0.2) is 4.98 Å². The molecule has 26 heavy (non-hydrogen) atoms. The maximum atomic E-state index is 5.87. The fourth-order valence-electron chi connectivity index (χ4n) is 3.51. The third-order valence-corrected chi connectivity index (χ3v) is 5.32. The van der Waals surface area contributed by atoms with E-state index in [2.05, 4.69) is 25.4 Å². The van der Waals surface area contributed by atoms with Crippen molar-refractivity contribution in [3.05, 3.63) is 35.6 Å². The number of aryl methyl sites for hydroxylation is 2. The van der Waals surface area contributed by atoms with Gasteiger partial charge in [-0.15, -0.1) is 5.10 Å². The first-order valence-electron chi connectivity index (χ1n) is 9.10. The Labute approximate surface area is 150 Å². The first kappa shape index (κ1) is 15.5. The quantitative estimate of drug-likeness (QED) is 0.712. The summed E-state index contributed by atoms with van der Waals surface area (Å²) in [5, 5.41) is 12.5. The third kappa shape index (κ3) is 2.75. The lowest BCUT2D eigenvalue weighted by Gasteiger charge is -2.25. The summed E-state index contributed by atoms with van der Waals surface area (Å²) in [7, 11) is 1.92. The van der Waals surface area contributed by atoms with Crippen LogP contribution in [0.15, 0.2) is 22.9 Å². The van der Waals surface area contributed by atoms with Gasteiger partial charge in [-0.1, -0.05) is 10.4 Å².